The predicted octanol–water partition coefficient (Wildman–Crippen LogP) is 7.49. The molecule has 2 fully saturated rings. The molecule has 6 heteroatoms. The fourth-order valence-electron chi connectivity index (χ4n) is 5.63. The molecule has 35 heavy (non-hydrogen) atoms. The van der Waals surface area contributed by atoms with Crippen LogP contribution >= 0.6 is 11.6 Å². The number of anilines is 1. The zero-order valence-corrected chi connectivity index (χ0v) is 23.0. The van der Waals surface area contributed by atoms with Gasteiger partial charge in [0.2, 0.25) is 5.95 Å². The van der Waals surface area contributed by atoms with E-state index in [9.17, 15) is 0 Å². The molecule has 0 unspecified atom stereocenters. The van der Waals surface area contributed by atoms with E-state index >= 15 is 0 Å². The van der Waals surface area contributed by atoms with Crippen molar-refractivity contribution in [3.05, 3.63) is 29.2 Å². The second-order valence-electron chi connectivity index (χ2n) is 10.9. The van der Waals surface area contributed by atoms with Crippen LogP contribution in [0.1, 0.15) is 96.6 Å². The molecule has 0 radical (unpaired) electrons. The van der Waals surface area contributed by atoms with E-state index in [4.69, 9.17) is 16.6 Å². The Labute approximate surface area is 218 Å². The van der Waals surface area contributed by atoms with Gasteiger partial charge in [0, 0.05) is 36.6 Å². The molecule has 2 aliphatic carbocycles. The lowest BCUT2D eigenvalue weighted by atomic mass is 9.89. The van der Waals surface area contributed by atoms with E-state index < -0.39 is 0 Å². The largest absolute Gasteiger partial charge is 0.354 e. The SMILES string of the molecule is CCCCCN(CCCCC)[C@H]1CC[C@H](Nc2ncc(Cl)c(-c3ccn(C)c3CC3CC3)n2)CC1. The number of nitrogens with zero attached hydrogens (tertiary/aromatic N) is 4. The summed E-state index contributed by atoms with van der Waals surface area (Å²) in [6.45, 7) is 7.14. The highest BCUT2D eigenvalue weighted by molar-refractivity contribution is 6.33. The van der Waals surface area contributed by atoms with Gasteiger partial charge in [-0.1, -0.05) is 51.1 Å². The molecule has 0 amide bonds. The summed E-state index contributed by atoms with van der Waals surface area (Å²) in [5, 5.41) is 4.29. The van der Waals surface area contributed by atoms with Crippen LogP contribution in [0.4, 0.5) is 5.95 Å². The molecule has 2 heterocycles. The summed E-state index contributed by atoms with van der Waals surface area (Å²) in [6.07, 6.45) is 20.6. The maximum atomic E-state index is 6.60. The molecule has 2 aliphatic rings. The average Bonchev–Trinajstić information content (AvgIpc) is 3.62. The van der Waals surface area contributed by atoms with Crippen molar-refractivity contribution >= 4 is 17.5 Å². The number of hydrogen-bond acceptors (Lipinski definition) is 4. The van der Waals surface area contributed by atoms with Crippen LogP contribution in [0.15, 0.2) is 18.5 Å². The zero-order valence-electron chi connectivity index (χ0n) is 22.2. The maximum absolute atomic E-state index is 6.60. The third kappa shape index (κ3) is 7.45. The van der Waals surface area contributed by atoms with Crippen molar-refractivity contribution in [1.82, 2.24) is 19.4 Å². The molecule has 2 saturated carbocycles. The molecule has 2 aromatic rings. The van der Waals surface area contributed by atoms with Crippen LogP contribution in [-0.2, 0) is 13.5 Å². The lowest BCUT2D eigenvalue weighted by molar-refractivity contribution is 0.146. The molecule has 2 aromatic heterocycles. The summed E-state index contributed by atoms with van der Waals surface area (Å²) in [7, 11) is 2.13. The zero-order chi connectivity index (χ0) is 24.6. The van der Waals surface area contributed by atoms with Crippen LogP contribution < -0.4 is 5.32 Å². The molecule has 0 spiro atoms. The Morgan fingerprint density at radius 3 is 2.31 bits per heavy atom. The Morgan fingerprint density at radius 2 is 1.69 bits per heavy atom. The highest BCUT2D eigenvalue weighted by Gasteiger charge is 2.27. The van der Waals surface area contributed by atoms with Crippen LogP contribution in [0.25, 0.3) is 11.3 Å². The number of hydrogen-bond donors (Lipinski definition) is 1. The fourth-order valence-corrected chi connectivity index (χ4v) is 5.82. The first-order valence-electron chi connectivity index (χ1n) is 14.3. The number of aromatic nitrogens is 3. The minimum Gasteiger partial charge on any atom is -0.354 e. The molecule has 0 atom stereocenters. The van der Waals surface area contributed by atoms with Crippen molar-refractivity contribution in [1.29, 1.82) is 0 Å². The van der Waals surface area contributed by atoms with Gasteiger partial charge in [-0.2, -0.15) is 0 Å². The predicted molar refractivity (Wildman–Crippen MR) is 148 cm³/mol. The van der Waals surface area contributed by atoms with E-state index in [-0.39, 0.29) is 0 Å². The van der Waals surface area contributed by atoms with Crippen molar-refractivity contribution in [3.63, 3.8) is 0 Å². The van der Waals surface area contributed by atoms with Gasteiger partial charge in [0.15, 0.2) is 0 Å². The number of unbranched alkanes of at least 4 members (excludes halogenated alkanes) is 4. The van der Waals surface area contributed by atoms with Gasteiger partial charge < -0.3 is 14.8 Å². The summed E-state index contributed by atoms with van der Waals surface area (Å²) < 4.78 is 2.23. The summed E-state index contributed by atoms with van der Waals surface area (Å²) >= 11 is 6.60. The second kappa shape index (κ2) is 13.1. The lowest BCUT2D eigenvalue weighted by Crippen LogP contribution is -2.41. The molecular weight excluding hydrogens is 454 g/mol. The van der Waals surface area contributed by atoms with Crippen LogP contribution in [0, 0.1) is 5.92 Å². The molecule has 0 saturated heterocycles. The number of rotatable bonds is 14. The van der Waals surface area contributed by atoms with Crippen LogP contribution in [0.3, 0.4) is 0 Å². The van der Waals surface area contributed by atoms with Gasteiger partial charge in [-0.05, 0) is 82.9 Å². The van der Waals surface area contributed by atoms with Crippen LogP contribution in [0.2, 0.25) is 5.02 Å². The first kappa shape index (κ1) is 26.5. The Kier molecular flexibility index (Phi) is 9.91. The van der Waals surface area contributed by atoms with Gasteiger partial charge in [-0.3, -0.25) is 0 Å². The summed E-state index contributed by atoms with van der Waals surface area (Å²) in [6, 6.07) is 3.33. The minimum absolute atomic E-state index is 0.440. The smallest absolute Gasteiger partial charge is 0.223 e. The van der Waals surface area contributed by atoms with Crippen LogP contribution in [0.5, 0.6) is 0 Å². The monoisotopic (exact) mass is 499 g/mol. The second-order valence-corrected chi connectivity index (χ2v) is 11.3. The molecule has 1 N–H and O–H groups in total. The number of aryl methyl sites for hydroxylation is 1. The van der Waals surface area contributed by atoms with E-state index in [1.54, 1.807) is 6.20 Å². The van der Waals surface area contributed by atoms with Crippen molar-refractivity contribution in [2.75, 3.05) is 18.4 Å². The lowest BCUT2D eigenvalue weighted by Gasteiger charge is -2.37. The Balaban J connectivity index is 1.36. The molecule has 194 valence electrons. The van der Waals surface area contributed by atoms with E-state index in [0.29, 0.717) is 11.1 Å². The summed E-state index contributed by atoms with van der Waals surface area (Å²) in [5.41, 5.74) is 3.37. The molecule has 0 bridgehead atoms. The quantitative estimate of drug-likeness (QED) is 0.273. The van der Waals surface area contributed by atoms with Crippen molar-refractivity contribution in [2.45, 2.75) is 109 Å². The van der Waals surface area contributed by atoms with Crippen molar-refractivity contribution in [2.24, 2.45) is 13.0 Å². The normalized spacial score (nSPS) is 20.5. The van der Waals surface area contributed by atoms with Crippen molar-refractivity contribution < 1.29 is 0 Å². The third-order valence-corrected chi connectivity index (χ3v) is 8.30. The molecule has 4 rings (SSSR count). The Morgan fingerprint density at radius 1 is 1.00 bits per heavy atom. The Hall–Kier alpha value is -1.59. The average molecular weight is 500 g/mol. The topological polar surface area (TPSA) is 46.0 Å². The maximum Gasteiger partial charge on any atom is 0.223 e. The van der Waals surface area contributed by atoms with E-state index in [1.165, 1.54) is 95.8 Å². The first-order valence-corrected chi connectivity index (χ1v) is 14.6. The highest BCUT2D eigenvalue weighted by Crippen LogP contribution is 2.37. The molecule has 0 aromatic carbocycles. The summed E-state index contributed by atoms with van der Waals surface area (Å²) in [5.74, 6) is 1.54. The van der Waals surface area contributed by atoms with Gasteiger partial charge in [0.25, 0.3) is 0 Å². The standard InChI is InChI=1S/C29H46ClN5/c1-4-6-8-17-35(18-9-7-5-2)24-14-12-23(13-15-24)32-29-31-21-26(30)28(33-29)25-16-19-34(3)27(25)20-22-10-11-22/h16,19,21-24H,4-15,17-18,20H2,1-3H3,(H,31,32,33)/t23-,24-. The number of nitrogens with one attached hydrogen (secondary N) is 1. The molecule has 0 aliphatic heterocycles. The molecular formula is C29H46ClN5. The van der Waals surface area contributed by atoms with E-state index in [2.05, 4.69) is 52.9 Å². The third-order valence-electron chi connectivity index (χ3n) is 8.02. The van der Waals surface area contributed by atoms with Crippen LogP contribution in [-0.4, -0.2) is 44.6 Å². The van der Waals surface area contributed by atoms with Gasteiger partial charge in [0.05, 0.1) is 16.9 Å². The van der Waals surface area contributed by atoms with Gasteiger partial charge in [0.1, 0.15) is 0 Å². The fraction of sp³-hybridized carbons (Fsp3) is 0.724. The summed E-state index contributed by atoms with van der Waals surface area (Å²) in [4.78, 5) is 12.3. The minimum atomic E-state index is 0.440. The van der Waals surface area contributed by atoms with Gasteiger partial charge >= 0.3 is 0 Å². The first-order chi connectivity index (χ1) is 17.1. The highest BCUT2D eigenvalue weighted by atomic mass is 35.5. The van der Waals surface area contributed by atoms with Gasteiger partial charge in [-0.15, -0.1) is 0 Å². The van der Waals surface area contributed by atoms with Gasteiger partial charge in [-0.25, -0.2) is 9.97 Å². The van der Waals surface area contributed by atoms with Crippen molar-refractivity contribution in [3.8, 4) is 11.3 Å². The van der Waals surface area contributed by atoms with E-state index in [0.717, 1.165) is 35.6 Å². The Bertz CT molecular complexity index is 904. The van der Waals surface area contributed by atoms with E-state index in [1.807, 2.05) is 0 Å². The molecule has 5 nitrogen and oxygen atoms in total. The number of halogens is 1.